The van der Waals surface area contributed by atoms with Crippen LogP contribution in [-0.2, 0) is 11.2 Å². The number of allylic oxidation sites excluding steroid dienone is 2. The molecule has 0 saturated carbocycles. The van der Waals surface area contributed by atoms with Crippen molar-refractivity contribution in [1.29, 1.82) is 0 Å². The maximum Gasteiger partial charge on any atom is 0.167 e. The molecule has 0 aromatic heterocycles. The quantitative estimate of drug-likeness (QED) is 0.718. The van der Waals surface area contributed by atoms with Crippen molar-refractivity contribution in [2.75, 3.05) is 6.54 Å². The third-order valence-electron chi connectivity index (χ3n) is 3.59. The first-order chi connectivity index (χ1) is 9.72. The van der Waals surface area contributed by atoms with Crippen molar-refractivity contribution in [3.05, 3.63) is 52.6 Å². The van der Waals surface area contributed by atoms with Crippen molar-refractivity contribution in [3.8, 4) is 0 Å². The summed E-state index contributed by atoms with van der Waals surface area (Å²) in [6, 6.07) is 6.66. The summed E-state index contributed by atoms with van der Waals surface area (Å²) in [6.07, 6.45) is 10.2. The van der Waals surface area contributed by atoms with Crippen LogP contribution >= 0.6 is 0 Å². The molecule has 1 aliphatic heterocycles. The number of aliphatic imine (C=N–C) groups is 1. The molecule has 0 unspecified atom stereocenters. The van der Waals surface area contributed by atoms with Crippen LogP contribution in [0.15, 0.2) is 40.9 Å². The average molecular weight is 267 g/mol. The third kappa shape index (κ3) is 3.77. The lowest BCUT2D eigenvalue weighted by Crippen LogP contribution is -1.92. The second-order valence-corrected chi connectivity index (χ2v) is 5.21. The molecule has 2 heteroatoms. The monoisotopic (exact) mass is 267 g/mol. The van der Waals surface area contributed by atoms with Gasteiger partial charge < -0.3 is 0 Å². The Kier molecular flexibility index (Phi) is 5.05. The van der Waals surface area contributed by atoms with Crippen LogP contribution in [0, 0.1) is 6.92 Å². The molecule has 2 rings (SSSR count). The predicted molar refractivity (Wildman–Crippen MR) is 85.3 cm³/mol. The largest absolute Gasteiger partial charge is 0.296 e. The number of carbonyl (C=O) groups is 1. The zero-order valence-electron chi connectivity index (χ0n) is 12.2. The van der Waals surface area contributed by atoms with Crippen molar-refractivity contribution in [3.63, 3.8) is 0 Å². The van der Waals surface area contributed by atoms with Gasteiger partial charge in [-0.15, -0.1) is 0 Å². The molecule has 0 radical (unpaired) electrons. The number of rotatable bonds is 6. The van der Waals surface area contributed by atoms with E-state index in [9.17, 15) is 4.79 Å². The van der Waals surface area contributed by atoms with Crippen molar-refractivity contribution in [1.82, 2.24) is 0 Å². The fraction of sp³-hybridized carbons (Fsp3) is 0.333. The van der Waals surface area contributed by atoms with E-state index in [1.807, 2.05) is 13.0 Å². The Morgan fingerprint density at radius 3 is 2.85 bits per heavy atom. The Hall–Kier alpha value is -1.96. The van der Waals surface area contributed by atoms with Gasteiger partial charge in [0.15, 0.2) is 6.29 Å². The van der Waals surface area contributed by atoms with E-state index >= 15 is 0 Å². The first kappa shape index (κ1) is 14.4. The Bertz CT molecular complexity index is 579. The SMILES string of the molecule is C/C=C\c1cc(CCCC2=CC(C=O)=NC2)ccc1C. The number of carbonyl (C=O) groups excluding carboxylic acids is 1. The van der Waals surface area contributed by atoms with E-state index in [-0.39, 0.29) is 0 Å². The summed E-state index contributed by atoms with van der Waals surface area (Å²) in [5, 5.41) is 0. The summed E-state index contributed by atoms with van der Waals surface area (Å²) in [7, 11) is 0. The lowest BCUT2D eigenvalue weighted by molar-refractivity contribution is -0.102. The maximum absolute atomic E-state index is 10.6. The van der Waals surface area contributed by atoms with Gasteiger partial charge in [-0.3, -0.25) is 9.79 Å². The summed E-state index contributed by atoms with van der Waals surface area (Å²) in [4.78, 5) is 14.8. The molecule has 2 nitrogen and oxygen atoms in total. The highest BCUT2D eigenvalue weighted by Crippen LogP contribution is 2.17. The van der Waals surface area contributed by atoms with Crippen LogP contribution in [0.2, 0.25) is 0 Å². The summed E-state index contributed by atoms with van der Waals surface area (Å²) >= 11 is 0. The van der Waals surface area contributed by atoms with Crippen LogP contribution in [0.3, 0.4) is 0 Å². The van der Waals surface area contributed by atoms with Crippen molar-refractivity contribution in [2.45, 2.75) is 33.1 Å². The van der Waals surface area contributed by atoms with E-state index in [0.29, 0.717) is 12.3 Å². The Balaban J connectivity index is 1.89. The lowest BCUT2D eigenvalue weighted by atomic mass is 9.99. The smallest absolute Gasteiger partial charge is 0.167 e. The molecular formula is C18H21NO. The molecule has 0 fully saturated rings. The van der Waals surface area contributed by atoms with Crippen LogP contribution in [0.25, 0.3) is 6.08 Å². The third-order valence-corrected chi connectivity index (χ3v) is 3.59. The van der Waals surface area contributed by atoms with E-state index in [1.165, 1.54) is 22.3 Å². The topological polar surface area (TPSA) is 29.4 Å². The van der Waals surface area contributed by atoms with E-state index in [4.69, 9.17) is 0 Å². The molecule has 0 amide bonds. The molecule has 0 bridgehead atoms. The molecule has 0 saturated heterocycles. The second-order valence-electron chi connectivity index (χ2n) is 5.21. The van der Waals surface area contributed by atoms with Crippen LogP contribution in [0.5, 0.6) is 0 Å². The van der Waals surface area contributed by atoms with E-state index < -0.39 is 0 Å². The number of nitrogens with zero attached hydrogens (tertiary/aromatic N) is 1. The molecular weight excluding hydrogens is 246 g/mol. The molecule has 0 aliphatic carbocycles. The van der Waals surface area contributed by atoms with Crippen molar-refractivity contribution in [2.24, 2.45) is 4.99 Å². The Morgan fingerprint density at radius 2 is 2.15 bits per heavy atom. The van der Waals surface area contributed by atoms with E-state index in [2.05, 4.69) is 42.3 Å². The van der Waals surface area contributed by atoms with Gasteiger partial charge in [0.25, 0.3) is 0 Å². The highest BCUT2D eigenvalue weighted by atomic mass is 16.1. The van der Waals surface area contributed by atoms with Crippen molar-refractivity contribution < 1.29 is 4.79 Å². The fourth-order valence-electron chi connectivity index (χ4n) is 2.44. The Labute approximate surface area is 120 Å². The minimum Gasteiger partial charge on any atom is -0.296 e. The molecule has 1 aromatic rings. The van der Waals surface area contributed by atoms with Crippen LogP contribution in [0.1, 0.15) is 36.5 Å². The number of aldehydes is 1. The van der Waals surface area contributed by atoms with Gasteiger partial charge in [-0.05, 0) is 61.4 Å². The van der Waals surface area contributed by atoms with E-state index in [1.54, 1.807) is 0 Å². The zero-order valence-corrected chi connectivity index (χ0v) is 12.2. The molecule has 20 heavy (non-hydrogen) atoms. The van der Waals surface area contributed by atoms with Gasteiger partial charge in [0.05, 0.1) is 12.3 Å². The van der Waals surface area contributed by atoms with Crippen LogP contribution in [0.4, 0.5) is 0 Å². The Morgan fingerprint density at radius 1 is 1.30 bits per heavy atom. The summed E-state index contributed by atoms with van der Waals surface area (Å²) < 4.78 is 0. The summed E-state index contributed by atoms with van der Waals surface area (Å²) in [5.41, 5.74) is 5.85. The van der Waals surface area contributed by atoms with Gasteiger partial charge in [-0.2, -0.15) is 0 Å². The molecule has 1 heterocycles. The summed E-state index contributed by atoms with van der Waals surface area (Å²) in [5.74, 6) is 0. The van der Waals surface area contributed by atoms with Crippen LogP contribution in [-0.4, -0.2) is 18.5 Å². The molecule has 0 N–H and O–H groups in total. The van der Waals surface area contributed by atoms with Gasteiger partial charge in [0, 0.05) is 0 Å². The van der Waals surface area contributed by atoms with Gasteiger partial charge in [-0.25, -0.2) is 0 Å². The molecule has 0 atom stereocenters. The summed E-state index contributed by atoms with van der Waals surface area (Å²) in [6.45, 7) is 4.88. The molecule has 104 valence electrons. The number of benzene rings is 1. The fourth-order valence-corrected chi connectivity index (χ4v) is 2.44. The second kappa shape index (κ2) is 6.99. The molecule has 0 spiro atoms. The highest BCUT2D eigenvalue weighted by Gasteiger charge is 2.07. The minimum atomic E-state index is 0.589. The normalized spacial score (nSPS) is 14.5. The van der Waals surface area contributed by atoms with Gasteiger partial charge in [-0.1, -0.05) is 30.4 Å². The number of hydrogen-bond donors (Lipinski definition) is 0. The van der Waals surface area contributed by atoms with Gasteiger partial charge >= 0.3 is 0 Å². The average Bonchev–Trinajstić information content (AvgIpc) is 2.90. The first-order valence-corrected chi connectivity index (χ1v) is 7.14. The zero-order chi connectivity index (χ0) is 14.4. The highest BCUT2D eigenvalue weighted by molar-refractivity contribution is 6.34. The lowest BCUT2D eigenvalue weighted by Gasteiger charge is -2.06. The van der Waals surface area contributed by atoms with E-state index in [0.717, 1.165) is 25.5 Å². The molecule has 1 aliphatic rings. The first-order valence-electron chi connectivity index (χ1n) is 7.14. The number of hydrogen-bond acceptors (Lipinski definition) is 2. The van der Waals surface area contributed by atoms with Crippen molar-refractivity contribution >= 4 is 18.1 Å². The van der Waals surface area contributed by atoms with Crippen LogP contribution < -0.4 is 0 Å². The minimum absolute atomic E-state index is 0.589. The van der Waals surface area contributed by atoms with Gasteiger partial charge in [0.2, 0.25) is 0 Å². The predicted octanol–water partition coefficient (Wildman–Crippen LogP) is 3.93. The standard InChI is InChI=1S/C18H21NO/c1-3-5-17-10-15(9-8-14(17)2)6-4-7-16-11-18(13-20)19-12-16/h3,5,8-11,13H,4,6-7,12H2,1-2H3/b5-3-. The molecule has 1 aromatic carbocycles. The van der Waals surface area contributed by atoms with Gasteiger partial charge in [0.1, 0.15) is 0 Å². The maximum atomic E-state index is 10.6. The number of aryl methyl sites for hydroxylation is 2.